The fourth-order valence-electron chi connectivity index (χ4n) is 2.71. The van der Waals surface area contributed by atoms with Crippen LogP contribution >= 0.6 is 12.4 Å². The molecule has 1 aliphatic rings. The van der Waals surface area contributed by atoms with Crippen LogP contribution < -0.4 is 5.32 Å². The number of piperazine rings is 1. The number of rotatable bonds is 2. The zero-order valence-corrected chi connectivity index (χ0v) is 13.9. The number of halogens is 2. The van der Waals surface area contributed by atoms with Crippen molar-refractivity contribution in [3.8, 4) is 11.3 Å². The third-order valence-electron chi connectivity index (χ3n) is 4.24. The van der Waals surface area contributed by atoms with Gasteiger partial charge in [0, 0.05) is 30.7 Å². The van der Waals surface area contributed by atoms with Crippen LogP contribution in [0.1, 0.15) is 24.4 Å². The van der Waals surface area contributed by atoms with E-state index in [1.54, 1.807) is 24.3 Å². The molecule has 0 radical (unpaired) electrons. The maximum absolute atomic E-state index is 13.0. The van der Waals surface area contributed by atoms with Gasteiger partial charge in [-0.3, -0.25) is 4.79 Å². The molecule has 6 heteroatoms. The van der Waals surface area contributed by atoms with Gasteiger partial charge < -0.3 is 14.6 Å². The quantitative estimate of drug-likeness (QED) is 0.913. The number of nitrogens with one attached hydrogen (secondary N) is 1. The molecular formula is C17H20ClFN2O2. The highest BCUT2D eigenvalue weighted by molar-refractivity contribution is 5.92. The van der Waals surface area contributed by atoms with Gasteiger partial charge in [0.05, 0.1) is 0 Å². The molecular weight excluding hydrogens is 319 g/mol. The van der Waals surface area contributed by atoms with Crippen molar-refractivity contribution in [2.75, 3.05) is 13.1 Å². The average molecular weight is 339 g/mol. The number of hydrogen-bond donors (Lipinski definition) is 1. The molecule has 1 aromatic carbocycles. The second-order valence-corrected chi connectivity index (χ2v) is 5.65. The van der Waals surface area contributed by atoms with E-state index >= 15 is 0 Å². The minimum Gasteiger partial charge on any atom is -0.451 e. The van der Waals surface area contributed by atoms with Crippen molar-refractivity contribution >= 4 is 18.3 Å². The Labute approximate surface area is 141 Å². The number of nitrogens with zero attached hydrogens (tertiary/aromatic N) is 1. The van der Waals surface area contributed by atoms with E-state index in [2.05, 4.69) is 12.2 Å². The molecule has 2 aromatic rings. The molecule has 4 nitrogen and oxygen atoms in total. The van der Waals surface area contributed by atoms with Gasteiger partial charge in [-0.05, 0) is 50.2 Å². The molecule has 0 saturated carbocycles. The van der Waals surface area contributed by atoms with E-state index in [4.69, 9.17) is 4.42 Å². The molecule has 1 N–H and O–H groups in total. The lowest BCUT2D eigenvalue weighted by Gasteiger charge is -2.38. The molecule has 1 saturated heterocycles. The van der Waals surface area contributed by atoms with Crippen molar-refractivity contribution in [2.45, 2.75) is 25.9 Å². The smallest absolute Gasteiger partial charge is 0.289 e. The highest BCUT2D eigenvalue weighted by Gasteiger charge is 2.30. The summed E-state index contributed by atoms with van der Waals surface area (Å²) in [6.45, 7) is 5.54. The standard InChI is InChI=1S/C17H19FN2O2.ClH/c1-11-12(2)20(10-9-19-11)17(21)16-8-7-15(22-16)13-3-5-14(18)6-4-13;/h3-8,11-12,19H,9-10H2,1-2H3;1H. The zero-order chi connectivity index (χ0) is 15.7. The van der Waals surface area contributed by atoms with Gasteiger partial charge in [0.15, 0.2) is 5.76 Å². The Hall–Kier alpha value is -1.85. The molecule has 0 bridgehead atoms. The molecule has 1 amide bonds. The number of carbonyl (C=O) groups is 1. The Morgan fingerprint density at radius 2 is 1.91 bits per heavy atom. The lowest BCUT2D eigenvalue weighted by Crippen LogP contribution is -2.57. The summed E-state index contributed by atoms with van der Waals surface area (Å²) in [7, 11) is 0. The predicted molar refractivity (Wildman–Crippen MR) is 89.3 cm³/mol. The van der Waals surface area contributed by atoms with Crippen molar-refractivity contribution in [1.29, 1.82) is 0 Å². The van der Waals surface area contributed by atoms with Crippen LogP contribution in [0.15, 0.2) is 40.8 Å². The Morgan fingerprint density at radius 1 is 1.22 bits per heavy atom. The molecule has 2 atom stereocenters. The number of benzene rings is 1. The maximum Gasteiger partial charge on any atom is 0.289 e. The van der Waals surface area contributed by atoms with Crippen molar-refractivity contribution < 1.29 is 13.6 Å². The Balaban J connectivity index is 0.00000192. The summed E-state index contributed by atoms with van der Waals surface area (Å²) in [6.07, 6.45) is 0. The minimum absolute atomic E-state index is 0. The van der Waals surface area contributed by atoms with E-state index in [1.807, 2.05) is 11.8 Å². The van der Waals surface area contributed by atoms with Crippen LogP contribution in [0.25, 0.3) is 11.3 Å². The third-order valence-corrected chi connectivity index (χ3v) is 4.24. The number of furan rings is 1. The van der Waals surface area contributed by atoms with E-state index in [-0.39, 0.29) is 36.2 Å². The van der Waals surface area contributed by atoms with Gasteiger partial charge in [-0.25, -0.2) is 4.39 Å². The van der Waals surface area contributed by atoms with Crippen LogP contribution in [-0.2, 0) is 0 Å². The summed E-state index contributed by atoms with van der Waals surface area (Å²) in [4.78, 5) is 14.4. The normalized spacial score (nSPS) is 20.9. The highest BCUT2D eigenvalue weighted by Crippen LogP contribution is 2.24. The second kappa shape index (κ2) is 7.15. The summed E-state index contributed by atoms with van der Waals surface area (Å²) in [5.74, 6) is 0.490. The first-order valence-electron chi connectivity index (χ1n) is 7.46. The van der Waals surface area contributed by atoms with Crippen molar-refractivity contribution in [3.63, 3.8) is 0 Å². The van der Waals surface area contributed by atoms with E-state index in [9.17, 15) is 9.18 Å². The Bertz CT molecular complexity index is 671. The first-order chi connectivity index (χ1) is 10.6. The van der Waals surface area contributed by atoms with Crippen LogP contribution in [0.5, 0.6) is 0 Å². The first-order valence-corrected chi connectivity index (χ1v) is 7.46. The van der Waals surface area contributed by atoms with Gasteiger partial charge in [0.2, 0.25) is 0 Å². The minimum atomic E-state index is -0.296. The van der Waals surface area contributed by atoms with Crippen LogP contribution in [-0.4, -0.2) is 36.0 Å². The molecule has 1 aromatic heterocycles. The van der Waals surface area contributed by atoms with E-state index in [0.29, 0.717) is 18.1 Å². The zero-order valence-electron chi connectivity index (χ0n) is 13.1. The topological polar surface area (TPSA) is 45.5 Å². The number of amides is 1. The van der Waals surface area contributed by atoms with Crippen LogP contribution in [0.4, 0.5) is 4.39 Å². The summed E-state index contributed by atoms with van der Waals surface area (Å²) in [5, 5.41) is 3.34. The van der Waals surface area contributed by atoms with E-state index < -0.39 is 0 Å². The highest BCUT2D eigenvalue weighted by atomic mass is 35.5. The SMILES string of the molecule is CC1NCCN(C(=O)c2ccc(-c3ccc(F)cc3)o2)C1C.Cl. The summed E-state index contributed by atoms with van der Waals surface area (Å²) in [6, 6.07) is 9.82. The molecule has 1 fully saturated rings. The Kier molecular flexibility index (Phi) is 5.44. The molecule has 124 valence electrons. The molecule has 1 aliphatic heterocycles. The number of hydrogen-bond acceptors (Lipinski definition) is 3. The van der Waals surface area contributed by atoms with Crippen LogP contribution in [0, 0.1) is 5.82 Å². The maximum atomic E-state index is 13.0. The molecule has 0 aliphatic carbocycles. The molecule has 0 spiro atoms. The second-order valence-electron chi connectivity index (χ2n) is 5.65. The fourth-order valence-corrected chi connectivity index (χ4v) is 2.71. The molecule has 2 heterocycles. The van der Waals surface area contributed by atoms with Crippen molar-refractivity contribution in [3.05, 3.63) is 48.0 Å². The van der Waals surface area contributed by atoms with Crippen molar-refractivity contribution in [2.24, 2.45) is 0 Å². The predicted octanol–water partition coefficient (Wildman–Crippen LogP) is 3.33. The van der Waals surface area contributed by atoms with Crippen molar-refractivity contribution in [1.82, 2.24) is 10.2 Å². The van der Waals surface area contributed by atoms with E-state index in [0.717, 1.165) is 12.1 Å². The average Bonchev–Trinajstić information content (AvgIpc) is 3.00. The lowest BCUT2D eigenvalue weighted by atomic mass is 10.1. The first kappa shape index (κ1) is 17.5. The molecule has 2 unspecified atom stereocenters. The number of carbonyl (C=O) groups excluding carboxylic acids is 1. The van der Waals surface area contributed by atoms with Crippen LogP contribution in [0.2, 0.25) is 0 Å². The molecule has 3 rings (SSSR count). The van der Waals surface area contributed by atoms with Gasteiger partial charge in [-0.2, -0.15) is 0 Å². The summed E-state index contributed by atoms with van der Waals surface area (Å²) < 4.78 is 18.6. The lowest BCUT2D eigenvalue weighted by molar-refractivity contribution is 0.0571. The van der Waals surface area contributed by atoms with Gasteiger partial charge >= 0.3 is 0 Å². The van der Waals surface area contributed by atoms with Gasteiger partial charge in [0.25, 0.3) is 5.91 Å². The van der Waals surface area contributed by atoms with Gasteiger partial charge in [-0.15, -0.1) is 12.4 Å². The van der Waals surface area contributed by atoms with E-state index in [1.165, 1.54) is 12.1 Å². The largest absolute Gasteiger partial charge is 0.451 e. The molecule has 23 heavy (non-hydrogen) atoms. The monoisotopic (exact) mass is 338 g/mol. The van der Waals surface area contributed by atoms with Gasteiger partial charge in [0.1, 0.15) is 11.6 Å². The fraction of sp³-hybridized carbons (Fsp3) is 0.353. The summed E-state index contributed by atoms with van der Waals surface area (Å²) in [5.41, 5.74) is 0.752. The summed E-state index contributed by atoms with van der Waals surface area (Å²) >= 11 is 0. The Morgan fingerprint density at radius 3 is 2.61 bits per heavy atom. The van der Waals surface area contributed by atoms with Crippen LogP contribution in [0.3, 0.4) is 0 Å². The third kappa shape index (κ3) is 3.57. The van der Waals surface area contributed by atoms with Gasteiger partial charge in [-0.1, -0.05) is 0 Å².